The fourth-order valence-electron chi connectivity index (χ4n) is 4.12. The quantitative estimate of drug-likeness (QED) is 0.455. The van der Waals surface area contributed by atoms with Gasteiger partial charge in [0.05, 0.1) is 11.9 Å². The van der Waals surface area contributed by atoms with Crippen molar-refractivity contribution in [1.29, 1.82) is 0 Å². The van der Waals surface area contributed by atoms with Crippen LogP contribution in [-0.4, -0.2) is 51.0 Å². The van der Waals surface area contributed by atoms with E-state index in [2.05, 4.69) is 5.32 Å². The molecule has 0 spiro atoms. The number of nitrogens with one attached hydrogen (secondary N) is 1. The van der Waals surface area contributed by atoms with E-state index >= 15 is 0 Å². The van der Waals surface area contributed by atoms with Gasteiger partial charge in [-0.1, -0.05) is 72.3 Å². The number of carbonyl (C=O) groups excluding carboxylic acids is 2. The van der Waals surface area contributed by atoms with Crippen LogP contribution in [0.2, 0.25) is 0 Å². The number of benzene rings is 3. The summed E-state index contributed by atoms with van der Waals surface area (Å²) in [6.45, 7) is 3.56. The van der Waals surface area contributed by atoms with Gasteiger partial charge in [-0.15, -0.1) is 0 Å². The molecule has 0 fully saturated rings. The van der Waals surface area contributed by atoms with Crippen LogP contribution < -0.4 is 9.62 Å². The van der Waals surface area contributed by atoms with Crippen LogP contribution in [0.5, 0.6) is 0 Å². The Morgan fingerprint density at radius 1 is 0.861 bits per heavy atom. The highest BCUT2D eigenvalue weighted by Crippen LogP contribution is 2.21. The van der Waals surface area contributed by atoms with Gasteiger partial charge in [0, 0.05) is 20.0 Å². The van der Waals surface area contributed by atoms with Gasteiger partial charge in [-0.25, -0.2) is 8.42 Å². The highest BCUT2D eigenvalue weighted by Gasteiger charge is 2.32. The second-order valence-corrected chi connectivity index (χ2v) is 10.8. The highest BCUT2D eigenvalue weighted by atomic mass is 32.2. The van der Waals surface area contributed by atoms with Crippen LogP contribution >= 0.6 is 0 Å². The first-order valence-corrected chi connectivity index (χ1v) is 13.6. The Kier molecular flexibility index (Phi) is 8.88. The molecular weight excluding hydrogens is 474 g/mol. The summed E-state index contributed by atoms with van der Waals surface area (Å²) in [4.78, 5) is 28.4. The molecule has 0 heterocycles. The van der Waals surface area contributed by atoms with Crippen LogP contribution in [0, 0.1) is 13.8 Å². The Hall–Kier alpha value is -3.65. The maximum absolute atomic E-state index is 13.8. The molecule has 36 heavy (non-hydrogen) atoms. The van der Waals surface area contributed by atoms with E-state index in [1.54, 1.807) is 18.2 Å². The largest absolute Gasteiger partial charge is 0.357 e. The molecule has 3 rings (SSSR count). The van der Waals surface area contributed by atoms with Crippen molar-refractivity contribution in [1.82, 2.24) is 10.2 Å². The van der Waals surface area contributed by atoms with E-state index in [0.717, 1.165) is 32.8 Å². The molecule has 0 aliphatic heterocycles. The summed E-state index contributed by atoms with van der Waals surface area (Å²) in [5.41, 5.74) is 4.05. The lowest BCUT2D eigenvalue weighted by Crippen LogP contribution is -2.52. The Labute approximate surface area is 213 Å². The second kappa shape index (κ2) is 11.9. The van der Waals surface area contributed by atoms with E-state index in [9.17, 15) is 18.0 Å². The van der Waals surface area contributed by atoms with Crippen molar-refractivity contribution in [3.05, 3.63) is 101 Å². The number of aryl methyl sites for hydroxylation is 2. The molecule has 0 radical (unpaired) electrons. The first kappa shape index (κ1) is 26.9. The maximum atomic E-state index is 13.8. The zero-order valence-corrected chi connectivity index (χ0v) is 22.0. The summed E-state index contributed by atoms with van der Waals surface area (Å²) in [5, 5.41) is 2.68. The Bertz CT molecular complexity index is 1310. The van der Waals surface area contributed by atoms with Gasteiger partial charge in [0.2, 0.25) is 21.8 Å². The summed E-state index contributed by atoms with van der Waals surface area (Å²) in [6, 6.07) is 23.3. The maximum Gasteiger partial charge on any atom is 0.244 e. The predicted molar refractivity (Wildman–Crippen MR) is 143 cm³/mol. The molecule has 190 valence electrons. The molecule has 3 aromatic rings. The lowest BCUT2D eigenvalue weighted by Gasteiger charge is -2.33. The van der Waals surface area contributed by atoms with Crippen LogP contribution in [-0.2, 0) is 32.6 Å². The lowest BCUT2D eigenvalue weighted by molar-refractivity contribution is -0.139. The van der Waals surface area contributed by atoms with E-state index in [0.29, 0.717) is 12.1 Å². The normalized spacial score (nSPS) is 12.0. The van der Waals surface area contributed by atoms with Gasteiger partial charge in [-0.2, -0.15) is 0 Å². The number of rotatable bonds is 10. The summed E-state index contributed by atoms with van der Waals surface area (Å²) >= 11 is 0. The van der Waals surface area contributed by atoms with Crippen molar-refractivity contribution in [2.45, 2.75) is 32.9 Å². The SMILES string of the molecule is CNC(=O)[C@@H](Cc1ccccc1)N(Cc1cccc(C)c1)C(=O)CN(c1cccc(C)c1)S(C)(=O)=O. The van der Waals surface area contributed by atoms with Gasteiger partial charge in [-0.05, 0) is 42.7 Å². The van der Waals surface area contributed by atoms with E-state index < -0.39 is 28.5 Å². The Morgan fingerprint density at radius 2 is 1.47 bits per heavy atom. The minimum absolute atomic E-state index is 0.164. The zero-order valence-electron chi connectivity index (χ0n) is 21.1. The molecule has 0 saturated carbocycles. The zero-order chi connectivity index (χ0) is 26.3. The van der Waals surface area contributed by atoms with Crippen LogP contribution in [0.1, 0.15) is 22.3 Å². The van der Waals surface area contributed by atoms with Crippen molar-refractivity contribution in [3.63, 3.8) is 0 Å². The number of hydrogen-bond donors (Lipinski definition) is 1. The number of sulfonamides is 1. The molecule has 0 unspecified atom stereocenters. The van der Waals surface area contributed by atoms with Gasteiger partial charge in [0.1, 0.15) is 12.6 Å². The van der Waals surface area contributed by atoms with Gasteiger partial charge in [0.15, 0.2) is 0 Å². The van der Waals surface area contributed by atoms with Crippen LogP contribution in [0.15, 0.2) is 78.9 Å². The summed E-state index contributed by atoms with van der Waals surface area (Å²) in [6.07, 6.45) is 1.37. The van der Waals surface area contributed by atoms with Crippen molar-refractivity contribution < 1.29 is 18.0 Å². The number of likely N-dealkylation sites (N-methyl/N-ethyl adjacent to an activating group) is 1. The van der Waals surface area contributed by atoms with Gasteiger partial charge < -0.3 is 10.2 Å². The van der Waals surface area contributed by atoms with Crippen molar-refractivity contribution in [2.24, 2.45) is 0 Å². The molecule has 8 heteroatoms. The van der Waals surface area contributed by atoms with E-state index in [1.807, 2.05) is 74.5 Å². The standard InChI is InChI=1S/C28H33N3O4S/c1-21-10-8-14-24(16-21)19-30(26(28(33)29-3)18-23-12-6-5-7-13-23)27(32)20-31(36(4,34)35)25-15-9-11-22(2)17-25/h5-17,26H,18-20H2,1-4H3,(H,29,33)/t26-/m1/s1. The molecule has 0 aromatic heterocycles. The van der Waals surface area contributed by atoms with Gasteiger partial charge in [0.25, 0.3) is 0 Å². The lowest BCUT2D eigenvalue weighted by atomic mass is 10.0. The van der Waals surface area contributed by atoms with Crippen LogP contribution in [0.25, 0.3) is 0 Å². The third-order valence-electron chi connectivity index (χ3n) is 5.92. The third kappa shape index (κ3) is 7.18. The first-order chi connectivity index (χ1) is 17.1. The molecule has 7 nitrogen and oxygen atoms in total. The van der Waals surface area contributed by atoms with Crippen molar-refractivity contribution >= 4 is 27.5 Å². The first-order valence-electron chi connectivity index (χ1n) is 11.7. The van der Waals surface area contributed by atoms with Crippen LogP contribution in [0.3, 0.4) is 0 Å². The summed E-state index contributed by atoms with van der Waals surface area (Å²) < 4.78 is 26.6. The second-order valence-electron chi connectivity index (χ2n) is 8.94. The van der Waals surface area contributed by atoms with Gasteiger partial charge in [-0.3, -0.25) is 13.9 Å². The topological polar surface area (TPSA) is 86.8 Å². The number of nitrogens with zero attached hydrogens (tertiary/aromatic N) is 2. The predicted octanol–water partition coefficient (Wildman–Crippen LogP) is 3.46. The van der Waals surface area contributed by atoms with E-state index in [1.165, 1.54) is 11.9 Å². The van der Waals surface area contributed by atoms with E-state index in [-0.39, 0.29) is 12.5 Å². The molecule has 0 aliphatic carbocycles. The molecule has 0 saturated heterocycles. The average molecular weight is 508 g/mol. The minimum Gasteiger partial charge on any atom is -0.357 e. The fourth-order valence-corrected chi connectivity index (χ4v) is 4.97. The molecular formula is C28H33N3O4S. The van der Waals surface area contributed by atoms with Crippen LogP contribution in [0.4, 0.5) is 5.69 Å². The number of carbonyl (C=O) groups is 2. The Balaban J connectivity index is 2.03. The fraction of sp³-hybridized carbons (Fsp3) is 0.286. The van der Waals surface area contributed by atoms with Crippen molar-refractivity contribution in [2.75, 3.05) is 24.2 Å². The number of amides is 2. The highest BCUT2D eigenvalue weighted by molar-refractivity contribution is 7.92. The monoisotopic (exact) mass is 507 g/mol. The molecule has 2 amide bonds. The van der Waals surface area contributed by atoms with E-state index in [4.69, 9.17) is 0 Å². The third-order valence-corrected chi connectivity index (χ3v) is 7.06. The summed E-state index contributed by atoms with van der Waals surface area (Å²) in [5.74, 6) is -0.783. The molecule has 3 aromatic carbocycles. The smallest absolute Gasteiger partial charge is 0.244 e. The van der Waals surface area contributed by atoms with Gasteiger partial charge >= 0.3 is 0 Å². The molecule has 1 N–H and O–H groups in total. The Morgan fingerprint density at radius 3 is 2.06 bits per heavy atom. The molecule has 0 bridgehead atoms. The minimum atomic E-state index is -3.77. The molecule has 1 atom stereocenters. The molecule has 0 aliphatic rings. The summed E-state index contributed by atoms with van der Waals surface area (Å²) in [7, 11) is -2.24. The number of anilines is 1. The average Bonchev–Trinajstić information content (AvgIpc) is 2.84. The van der Waals surface area contributed by atoms with Crippen molar-refractivity contribution in [3.8, 4) is 0 Å². The number of hydrogen-bond acceptors (Lipinski definition) is 4.